The number of hydrogen-bond donors (Lipinski definition) is 2. The summed E-state index contributed by atoms with van der Waals surface area (Å²) in [4.78, 5) is 27.9. The van der Waals surface area contributed by atoms with Gasteiger partial charge in [-0.3, -0.25) is 4.79 Å². The van der Waals surface area contributed by atoms with Crippen molar-refractivity contribution in [2.24, 2.45) is 23.7 Å². The van der Waals surface area contributed by atoms with E-state index in [1.165, 1.54) is 0 Å². The number of amides is 2. The highest BCUT2D eigenvalue weighted by Crippen LogP contribution is 2.50. The van der Waals surface area contributed by atoms with Gasteiger partial charge in [0.05, 0.1) is 11.5 Å². The van der Waals surface area contributed by atoms with Crippen LogP contribution in [0.3, 0.4) is 0 Å². The Bertz CT molecular complexity index is 631. The number of likely N-dealkylation sites (tertiary alicyclic amines) is 1. The van der Waals surface area contributed by atoms with Crippen LogP contribution in [0.4, 0.5) is 4.79 Å². The van der Waals surface area contributed by atoms with Crippen molar-refractivity contribution in [1.29, 1.82) is 0 Å². The fraction of sp³-hybridized carbons (Fsp3) is 0.909. The molecule has 4 rings (SSSR count). The number of rotatable bonds is 2. The predicted octanol–water partition coefficient (Wildman–Crippen LogP) is 3.08. The second-order valence-electron chi connectivity index (χ2n) is 10.6. The zero-order valence-electron chi connectivity index (χ0n) is 17.6. The van der Waals surface area contributed by atoms with E-state index in [2.05, 4.69) is 5.32 Å². The van der Waals surface area contributed by atoms with E-state index in [1.54, 1.807) is 0 Å². The van der Waals surface area contributed by atoms with E-state index in [-0.39, 0.29) is 23.8 Å². The lowest BCUT2D eigenvalue weighted by Gasteiger charge is -2.48. The Morgan fingerprint density at radius 2 is 1.86 bits per heavy atom. The molecule has 3 aliphatic carbocycles. The summed E-state index contributed by atoms with van der Waals surface area (Å²) in [5.74, 6) is 0.990. The number of aliphatic hydroxyl groups is 1. The molecule has 0 aromatic heterocycles. The monoisotopic (exact) mass is 392 g/mol. The molecule has 0 radical (unpaired) electrons. The Morgan fingerprint density at radius 1 is 1.11 bits per heavy atom. The molecule has 0 unspecified atom stereocenters. The molecular formula is C22H36N2O4. The minimum atomic E-state index is -0.572. The van der Waals surface area contributed by atoms with Crippen molar-refractivity contribution < 1.29 is 19.4 Å². The molecule has 2 amide bonds. The van der Waals surface area contributed by atoms with Gasteiger partial charge in [0.25, 0.3) is 0 Å². The fourth-order valence-corrected chi connectivity index (χ4v) is 6.28. The first-order valence-electron chi connectivity index (χ1n) is 11.2. The zero-order valence-corrected chi connectivity index (χ0v) is 17.6. The van der Waals surface area contributed by atoms with Crippen LogP contribution >= 0.6 is 0 Å². The average molecular weight is 393 g/mol. The Balaban J connectivity index is 1.44. The number of nitrogens with zero attached hydrogens (tertiary/aromatic N) is 1. The standard InChI is InChI=1S/C22H36N2O4/c1-21(2,3)28-20(26)23-18-15-8-7-14(12-15)17(18)19(25)24-11-10-22(27)9-5-4-6-16(22)13-24/h14-18,27H,4-13H2,1-3H3,(H,23,26)/t14-,15-,16+,17-,18+,22-/m0/s1. The molecule has 4 fully saturated rings. The summed E-state index contributed by atoms with van der Waals surface area (Å²) < 4.78 is 5.46. The van der Waals surface area contributed by atoms with Gasteiger partial charge < -0.3 is 20.1 Å². The number of alkyl carbamates (subject to hydrolysis) is 1. The van der Waals surface area contributed by atoms with E-state index in [0.717, 1.165) is 44.9 Å². The maximum absolute atomic E-state index is 13.5. The highest BCUT2D eigenvalue weighted by Gasteiger charge is 2.54. The number of ether oxygens (including phenoxy) is 1. The van der Waals surface area contributed by atoms with Crippen molar-refractivity contribution in [3.63, 3.8) is 0 Å². The molecule has 1 aliphatic heterocycles. The highest BCUT2D eigenvalue weighted by molar-refractivity contribution is 5.82. The van der Waals surface area contributed by atoms with Gasteiger partial charge in [-0.1, -0.05) is 12.8 Å². The molecule has 4 aliphatic rings. The van der Waals surface area contributed by atoms with Gasteiger partial charge >= 0.3 is 6.09 Å². The first-order valence-corrected chi connectivity index (χ1v) is 11.2. The molecule has 2 N–H and O–H groups in total. The molecule has 6 atom stereocenters. The molecule has 0 aromatic rings. The van der Waals surface area contributed by atoms with Gasteiger partial charge in [0.2, 0.25) is 5.91 Å². The van der Waals surface area contributed by atoms with Gasteiger partial charge in [-0.2, -0.15) is 0 Å². The minimum absolute atomic E-state index is 0.117. The van der Waals surface area contributed by atoms with Crippen LogP contribution in [-0.2, 0) is 9.53 Å². The summed E-state index contributed by atoms with van der Waals surface area (Å²) in [7, 11) is 0. The van der Waals surface area contributed by atoms with Crippen LogP contribution in [0.15, 0.2) is 0 Å². The van der Waals surface area contributed by atoms with Crippen LogP contribution < -0.4 is 5.32 Å². The lowest BCUT2D eigenvalue weighted by atomic mass is 9.71. The van der Waals surface area contributed by atoms with Crippen molar-refractivity contribution in [1.82, 2.24) is 10.2 Å². The van der Waals surface area contributed by atoms with Gasteiger partial charge in [0, 0.05) is 25.0 Å². The first-order chi connectivity index (χ1) is 13.2. The predicted molar refractivity (Wildman–Crippen MR) is 106 cm³/mol. The Morgan fingerprint density at radius 3 is 2.61 bits per heavy atom. The number of carbonyl (C=O) groups excluding carboxylic acids is 2. The summed E-state index contributed by atoms with van der Waals surface area (Å²) in [6.45, 7) is 6.88. The Hall–Kier alpha value is -1.30. The number of piperidine rings is 1. The van der Waals surface area contributed by atoms with Crippen molar-refractivity contribution >= 4 is 12.0 Å². The van der Waals surface area contributed by atoms with E-state index >= 15 is 0 Å². The quantitative estimate of drug-likeness (QED) is 0.757. The van der Waals surface area contributed by atoms with Crippen molar-refractivity contribution in [3.05, 3.63) is 0 Å². The van der Waals surface area contributed by atoms with Crippen LogP contribution in [0, 0.1) is 23.7 Å². The van der Waals surface area contributed by atoms with Crippen LogP contribution in [0.25, 0.3) is 0 Å². The third-order valence-corrected chi connectivity index (χ3v) is 7.62. The molecule has 0 aromatic carbocycles. The molecule has 2 bridgehead atoms. The van der Waals surface area contributed by atoms with Crippen LogP contribution in [0.2, 0.25) is 0 Å². The third-order valence-electron chi connectivity index (χ3n) is 7.62. The van der Waals surface area contributed by atoms with E-state index in [0.29, 0.717) is 31.3 Å². The largest absolute Gasteiger partial charge is 0.444 e. The van der Waals surface area contributed by atoms with E-state index in [9.17, 15) is 14.7 Å². The van der Waals surface area contributed by atoms with E-state index in [4.69, 9.17) is 4.74 Å². The fourth-order valence-electron chi connectivity index (χ4n) is 6.28. The molecule has 1 heterocycles. The normalized spacial score (nSPS) is 40.1. The van der Waals surface area contributed by atoms with Gasteiger partial charge in [-0.15, -0.1) is 0 Å². The molecule has 28 heavy (non-hydrogen) atoms. The molecule has 6 heteroatoms. The molecule has 6 nitrogen and oxygen atoms in total. The molecule has 3 saturated carbocycles. The van der Waals surface area contributed by atoms with Crippen molar-refractivity contribution in [3.8, 4) is 0 Å². The first kappa shape index (κ1) is 20.0. The third kappa shape index (κ3) is 3.77. The topological polar surface area (TPSA) is 78.9 Å². The Labute approximate surface area is 168 Å². The SMILES string of the molecule is CC(C)(C)OC(=O)N[C@@H]1[C@H]2CC[C@@H](C2)[C@@H]1C(=O)N1CC[C@@]2(O)CCCC[C@@H]2C1. The van der Waals surface area contributed by atoms with E-state index in [1.807, 2.05) is 25.7 Å². The molecule has 0 spiro atoms. The lowest BCUT2D eigenvalue weighted by molar-refractivity contribution is -0.149. The van der Waals surface area contributed by atoms with Crippen LogP contribution in [-0.4, -0.2) is 52.3 Å². The summed E-state index contributed by atoms with van der Waals surface area (Å²) in [5, 5.41) is 14.0. The summed E-state index contributed by atoms with van der Waals surface area (Å²) in [5.41, 5.74) is -1.11. The Kier molecular flexibility index (Phi) is 5.13. The second-order valence-corrected chi connectivity index (χ2v) is 10.6. The summed E-state index contributed by atoms with van der Waals surface area (Å²) >= 11 is 0. The summed E-state index contributed by atoms with van der Waals surface area (Å²) in [6, 6.07) is -0.117. The molecule has 1 saturated heterocycles. The van der Waals surface area contributed by atoms with Crippen molar-refractivity contribution in [2.75, 3.05) is 13.1 Å². The molecular weight excluding hydrogens is 356 g/mol. The van der Waals surface area contributed by atoms with Gasteiger partial charge in [-0.25, -0.2) is 4.79 Å². The van der Waals surface area contributed by atoms with Crippen LogP contribution in [0.5, 0.6) is 0 Å². The van der Waals surface area contributed by atoms with Gasteiger partial charge in [-0.05, 0) is 71.1 Å². The number of hydrogen-bond acceptors (Lipinski definition) is 4. The maximum atomic E-state index is 13.5. The number of fused-ring (bicyclic) bond motifs is 3. The van der Waals surface area contributed by atoms with Crippen molar-refractivity contribution in [2.45, 2.75) is 89.4 Å². The highest BCUT2D eigenvalue weighted by atomic mass is 16.6. The minimum Gasteiger partial charge on any atom is -0.444 e. The number of nitrogens with one attached hydrogen (secondary N) is 1. The average Bonchev–Trinajstić information content (AvgIpc) is 3.20. The van der Waals surface area contributed by atoms with Gasteiger partial charge in [0.15, 0.2) is 0 Å². The van der Waals surface area contributed by atoms with Gasteiger partial charge in [0.1, 0.15) is 5.60 Å². The number of carbonyl (C=O) groups is 2. The maximum Gasteiger partial charge on any atom is 0.407 e. The zero-order chi connectivity index (χ0) is 20.1. The van der Waals surface area contributed by atoms with Crippen LogP contribution in [0.1, 0.15) is 72.1 Å². The van der Waals surface area contributed by atoms with E-state index < -0.39 is 17.3 Å². The molecule has 158 valence electrons. The summed E-state index contributed by atoms with van der Waals surface area (Å²) in [6.07, 6.45) is 7.58. The second kappa shape index (κ2) is 7.19. The lowest BCUT2D eigenvalue weighted by Crippen LogP contribution is -2.58. The smallest absolute Gasteiger partial charge is 0.407 e.